The van der Waals surface area contributed by atoms with Gasteiger partial charge in [0.1, 0.15) is 10.1 Å². The van der Waals surface area contributed by atoms with Crippen LogP contribution in [-0.4, -0.2) is 32.0 Å². The summed E-state index contributed by atoms with van der Waals surface area (Å²) in [6.45, 7) is 6.32. The van der Waals surface area contributed by atoms with Crippen molar-refractivity contribution < 1.29 is 14.6 Å². The minimum Gasteiger partial charge on any atom is -0.480 e. The molecule has 4 rings (SSSR count). The second-order valence-corrected chi connectivity index (χ2v) is 9.84. The zero-order valence-corrected chi connectivity index (χ0v) is 18.0. The normalized spacial score (nSPS) is 17.4. The first-order chi connectivity index (χ1) is 13.9. The lowest BCUT2D eigenvalue weighted by Gasteiger charge is -2.26. The highest BCUT2D eigenvalue weighted by atomic mass is 32.2. The number of para-hydroxylation sites is 1. The summed E-state index contributed by atoms with van der Waals surface area (Å²) >= 11 is 2.55. The Kier molecular flexibility index (Phi) is 5.50. The van der Waals surface area contributed by atoms with E-state index in [1.165, 1.54) is 11.3 Å². The molecule has 0 unspecified atom stereocenters. The number of aromatic nitrogens is 2. The van der Waals surface area contributed by atoms with Crippen molar-refractivity contribution in [2.24, 2.45) is 5.92 Å². The van der Waals surface area contributed by atoms with Crippen LogP contribution in [0.3, 0.4) is 0 Å². The van der Waals surface area contributed by atoms with E-state index in [1.807, 2.05) is 30.3 Å². The summed E-state index contributed by atoms with van der Waals surface area (Å²) in [6, 6.07) is 9.26. The van der Waals surface area contributed by atoms with Crippen molar-refractivity contribution in [3.05, 3.63) is 51.1 Å². The quantitative estimate of drug-likeness (QED) is 0.485. The molecule has 6 nitrogen and oxygen atoms in total. The van der Waals surface area contributed by atoms with Crippen LogP contribution in [0.15, 0.2) is 40.3 Å². The van der Waals surface area contributed by atoms with Crippen molar-refractivity contribution in [1.29, 1.82) is 0 Å². The van der Waals surface area contributed by atoms with Gasteiger partial charge in [-0.05, 0) is 30.5 Å². The fourth-order valence-electron chi connectivity index (χ4n) is 3.43. The predicted molar refractivity (Wildman–Crippen MR) is 115 cm³/mol. The van der Waals surface area contributed by atoms with E-state index < -0.39 is 11.2 Å². The average molecular weight is 431 g/mol. The molecule has 0 spiro atoms. The molecule has 3 aromatic rings. The number of aliphatic carboxylic acids is 1. The van der Waals surface area contributed by atoms with Crippen LogP contribution < -0.4 is 5.56 Å². The molecule has 0 aliphatic carbocycles. The molecule has 2 atom stereocenters. The fraction of sp³-hybridized carbons (Fsp3) is 0.381. The largest absolute Gasteiger partial charge is 0.480 e. The molecule has 0 bridgehead atoms. The Bertz CT molecular complexity index is 1120. The first-order valence-electron chi connectivity index (χ1n) is 9.50. The number of carboxylic acid groups (broad SMARTS) is 1. The molecule has 0 saturated heterocycles. The monoisotopic (exact) mass is 430 g/mol. The highest BCUT2D eigenvalue weighted by molar-refractivity contribution is 8.00. The summed E-state index contributed by atoms with van der Waals surface area (Å²) < 4.78 is 7.51. The average Bonchev–Trinajstić information content (AvgIpc) is 3.06. The van der Waals surface area contributed by atoms with Gasteiger partial charge in [0.15, 0.2) is 5.16 Å². The predicted octanol–water partition coefficient (Wildman–Crippen LogP) is 4.11. The van der Waals surface area contributed by atoms with Gasteiger partial charge >= 0.3 is 5.97 Å². The van der Waals surface area contributed by atoms with Gasteiger partial charge in [-0.3, -0.25) is 14.2 Å². The second-order valence-electron chi connectivity index (χ2n) is 7.45. The number of hydrogen-bond donors (Lipinski definition) is 1. The number of rotatable bonds is 5. The smallest absolute Gasteiger partial charge is 0.316 e. The van der Waals surface area contributed by atoms with Crippen LogP contribution in [0.1, 0.15) is 31.2 Å². The molecule has 0 fully saturated rings. The van der Waals surface area contributed by atoms with E-state index in [2.05, 4.69) is 13.8 Å². The van der Waals surface area contributed by atoms with Gasteiger partial charge in [0.05, 0.1) is 23.8 Å². The topological polar surface area (TPSA) is 81.4 Å². The van der Waals surface area contributed by atoms with Gasteiger partial charge in [0.25, 0.3) is 5.56 Å². The fourth-order valence-corrected chi connectivity index (χ4v) is 5.45. The van der Waals surface area contributed by atoms with Crippen LogP contribution in [0, 0.1) is 5.92 Å². The zero-order valence-electron chi connectivity index (χ0n) is 16.4. The highest BCUT2D eigenvalue weighted by Gasteiger charge is 2.29. The van der Waals surface area contributed by atoms with Crippen LogP contribution in [0.25, 0.3) is 15.9 Å². The summed E-state index contributed by atoms with van der Waals surface area (Å²) in [4.78, 5) is 31.5. The van der Waals surface area contributed by atoms with Gasteiger partial charge in [-0.25, -0.2) is 4.98 Å². The van der Waals surface area contributed by atoms with E-state index in [4.69, 9.17) is 9.72 Å². The van der Waals surface area contributed by atoms with E-state index in [0.717, 1.165) is 22.2 Å². The number of nitrogens with zero attached hydrogens (tertiary/aromatic N) is 2. The van der Waals surface area contributed by atoms with Crippen molar-refractivity contribution in [3.63, 3.8) is 0 Å². The summed E-state index contributed by atoms with van der Waals surface area (Å²) in [5.41, 5.74) is 1.56. The minimum absolute atomic E-state index is 0.0750. The van der Waals surface area contributed by atoms with Crippen molar-refractivity contribution in [2.75, 3.05) is 0 Å². The Balaban J connectivity index is 1.94. The third-order valence-corrected chi connectivity index (χ3v) is 7.24. The molecule has 3 heterocycles. The summed E-state index contributed by atoms with van der Waals surface area (Å²) in [7, 11) is 0. The number of carboxylic acids is 1. The highest BCUT2D eigenvalue weighted by Crippen LogP contribution is 2.36. The molecule has 1 N–H and O–H groups in total. The number of ether oxygens (including phenoxy) is 1. The molecule has 1 aromatic carbocycles. The Morgan fingerprint density at radius 1 is 1.31 bits per heavy atom. The van der Waals surface area contributed by atoms with Crippen LogP contribution >= 0.6 is 23.1 Å². The standard InChI is InChI=1S/C21H22N2O4S2/c1-11(2)15-9-14-16(10-27-15)29-18-17(14)19(24)23(13-7-5-4-6-8-13)21(22-18)28-12(3)20(25)26/h4-8,11-12,15H,9-10H2,1-3H3,(H,25,26)/t12-,15-/m1/s1. The Morgan fingerprint density at radius 2 is 2.03 bits per heavy atom. The van der Waals surface area contributed by atoms with Gasteiger partial charge in [-0.1, -0.05) is 43.8 Å². The lowest BCUT2D eigenvalue weighted by molar-refractivity contribution is -0.136. The van der Waals surface area contributed by atoms with Crippen LogP contribution in [-0.2, 0) is 22.6 Å². The van der Waals surface area contributed by atoms with E-state index in [0.29, 0.717) is 40.0 Å². The van der Waals surface area contributed by atoms with Crippen LogP contribution in [0.4, 0.5) is 0 Å². The van der Waals surface area contributed by atoms with Crippen LogP contribution in [0.2, 0.25) is 0 Å². The van der Waals surface area contributed by atoms with E-state index in [9.17, 15) is 14.7 Å². The number of hydrogen-bond acceptors (Lipinski definition) is 6. The SMILES string of the molecule is CC(C)[C@H]1Cc2c(sc3nc(S[C@H](C)C(=O)O)n(-c4ccccc4)c(=O)c23)CO1. The second kappa shape index (κ2) is 7.93. The lowest BCUT2D eigenvalue weighted by Crippen LogP contribution is -2.28. The van der Waals surface area contributed by atoms with Crippen molar-refractivity contribution in [2.45, 2.75) is 50.3 Å². The van der Waals surface area contributed by atoms with Gasteiger partial charge < -0.3 is 9.84 Å². The zero-order chi connectivity index (χ0) is 20.7. The maximum absolute atomic E-state index is 13.6. The molecular weight excluding hydrogens is 408 g/mol. The van der Waals surface area contributed by atoms with Gasteiger partial charge in [-0.2, -0.15) is 0 Å². The maximum atomic E-state index is 13.6. The van der Waals surface area contributed by atoms with Gasteiger partial charge in [0, 0.05) is 11.3 Å². The summed E-state index contributed by atoms with van der Waals surface area (Å²) in [5.74, 6) is -0.587. The third-order valence-electron chi connectivity index (χ3n) is 5.10. The number of thiophene rings is 1. The Morgan fingerprint density at radius 3 is 2.69 bits per heavy atom. The molecular formula is C21H22N2O4S2. The lowest BCUT2D eigenvalue weighted by atomic mass is 9.96. The number of thioether (sulfide) groups is 1. The first-order valence-corrected chi connectivity index (χ1v) is 11.2. The van der Waals surface area contributed by atoms with Gasteiger partial charge in [0.2, 0.25) is 0 Å². The first kappa shape index (κ1) is 20.1. The van der Waals surface area contributed by atoms with Crippen molar-refractivity contribution in [1.82, 2.24) is 9.55 Å². The summed E-state index contributed by atoms with van der Waals surface area (Å²) in [6.07, 6.45) is 0.766. The number of carbonyl (C=O) groups is 1. The Labute approximate surface area is 176 Å². The molecule has 2 aromatic heterocycles. The molecule has 0 amide bonds. The number of fused-ring (bicyclic) bond motifs is 3. The maximum Gasteiger partial charge on any atom is 0.316 e. The van der Waals surface area contributed by atoms with E-state index >= 15 is 0 Å². The van der Waals surface area contributed by atoms with Gasteiger partial charge in [-0.15, -0.1) is 11.3 Å². The minimum atomic E-state index is -0.942. The molecule has 29 heavy (non-hydrogen) atoms. The summed E-state index contributed by atoms with van der Waals surface area (Å²) in [5, 5.41) is 9.65. The molecule has 0 radical (unpaired) electrons. The molecule has 0 saturated carbocycles. The third kappa shape index (κ3) is 3.72. The van der Waals surface area contributed by atoms with E-state index in [-0.39, 0.29) is 11.7 Å². The van der Waals surface area contributed by atoms with Crippen LogP contribution in [0.5, 0.6) is 0 Å². The molecule has 1 aliphatic heterocycles. The molecule has 8 heteroatoms. The van der Waals surface area contributed by atoms with Crippen molar-refractivity contribution >= 4 is 39.3 Å². The van der Waals surface area contributed by atoms with E-state index in [1.54, 1.807) is 11.5 Å². The molecule has 152 valence electrons. The van der Waals surface area contributed by atoms with Crippen molar-refractivity contribution in [3.8, 4) is 5.69 Å². The molecule has 1 aliphatic rings. The Hall–Kier alpha value is -2.16. The number of benzene rings is 1.